The zero-order chi connectivity index (χ0) is 19.3. The normalized spacial score (nSPS) is 25.6. The summed E-state index contributed by atoms with van der Waals surface area (Å²) < 4.78 is 22.1. The highest BCUT2D eigenvalue weighted by Gasteiger charge is 2.29. The van der Waals surface area contributed by atoms with Crippen LogP contribution in [0, 0.1) is 0 Å². The van der Waals surface area contributed by atoms with Gasteiger partial charge in [0.1, 0.15) is 18.1 Å². The zero-order valence-electron chi connectivity index (χ0n) is 15.0. The molecule has 1 aliphatic heterocycles. The Morgan fingerprint density at radius 2 is 2.07 bits per heavy atom. The Kier molecular flexibility index (Phi) is 6.68. The number of halogens is 2. The molecule has 0 aromatic heterocycles. The average Bonchev–Trinajstić information content (AvgIpc) is 3.14. The third kappa shape index (κ3) is 5.89. The molecule has 0 N–H and O–H groups in total. The number of benzene rings is 1. The van der Waals surface area contributed by atoms with Crippen molar-refractivity contribution in [1.82, 2.24) is 0 Å². The molecule has 1 heterocycles. The number of hydrogen-bond acceptors (Lipinski definition) is 5. The van der Waals surface area contributed by atoms with Gasteiger partial charge in [-0.15, -0.1) is 0 Å². The highest BCUT2D eigenvalue weighted by Crippen LogP contribution is 2.34. The summed E-state index contributed by atoms with van der Waals surface area (Å²) in [5.74, 6) is 0.686. The van der Waals surface area contributed by atoms with Crippen LogP contribution in [0.2, 0.25) is 0 Å². The van der Waals surface area contributed by atoms with Crippen LogP contribution in [-0.2, 0) is 14.3 Å². The van der Waals surface area contributed by atoms with Crippen LogP contribution in [-0.4, -0.2) is 36.5 Å². The molecule has 5 nitrogen and oxygen atoms in total. The van der Waals surface area contributed by atoms with Crippen LogP contribution in [0.5, 0.6) is 11.5 Å². The molecule has 27 heavy (non-hydrogen) atoms. The van der Waals surface area contributed by atoms with E-state index in [-0.39, 0.29) is 12.7 Å². The van der Waals surface area contributed by atoms with Crippen molar-refractivity contribution in [2.24, 2.45) is 0 Å². The van der Waals surface area contributed by atoms with Gasteiger partial charge in [-0.2, -0.15) is 0 Å². The molecule has 0 amide bonds. The minimum absolute atomic E-state index is 0.00218. The molecule has 1 aliphatic carbocycles. The lowest BCUT2D eigenvalue weighted by Gasteiger charge is -2.26. The smallest absolute Gasteiger partial charge is 0.347 e. The minimum Gasteiger partial charge on any atom is -0.479 e. The Morgan fingerprint density at radius 3 is 2.74 bits per heavy atom. The van der Waals surface area contributed by atoms with Crippen molar-refractivity contribution in [3.8, 4) is 11.5 Å². The molecule has 1 aromatic carbocycles. The maximum Gasteiger partial charge on any atom is 0.347 e. The highest BCUT2D eigenvalue weighted by atomic mass is 35.5. The standard InChI is InChI=1S/C20H22Cl2O5/c1-14(19(23)25-13-18-5-3-11-24-18)26-16-6-8-17(9-7-16)27-20(22)10-2-4-15(21)12-20/h2,4,6-10,14,18H,3,5,11-13H2,1H3/t14-,18?,20?/m1/s1. The molecule has 0 bridgehead atoms. The van der Waals surface area contributed by atoms with Crippen LogP contribution < -0.4 is 9.47 Å². The summed E-state index contributed by atoms with van der Waals surface area (Å²) in [5.41, 5.74) is 0. The van der Waals surface area contributed by atoms with E-state index in [4.69, 9.17) is 42.1 Å². The fourth-order valence-corrected chi connectivity index (χ4v) is 3.46. The molecular weight excluding hydrogens is 391 g/mol. The lowest BCUT2D eigenvalue weighted by Crippen LogP contribution is -2.29. The van der Waals surface area contributed by atoms with Gasteiger partial charge < -0.3 is 18.9 Å². The first-order valence-corrected chi connectivity index (χ1v) is 9.66. The molecule has 7 heteroatoms. The number of allylic oxidation sites excluding steroid dienone is 2. The van der Waals surface area contributed by atoms with Crippen molar-refractivity contribution < 1.29 is 23.7 Å². The van der Waals surface area contributed by atoms with Crippen molar-refractivity contribution in [3.05, 3.63) is 47.5 Å². The van der Waals surface area contributed by atoms with Crippen molar-refractivity contribution in [1.29, 1.82) is 0 Å². The van der Waals surface area contributed by atoms with E-state index in [2.05, 4.69) is 0 Å². The van der Waals surface area contributed by atoms with Crippen LogP contribution in [0.4, 0.5) is 0 Å². The van der Waals surface area contributed by atoms with Gasteiger partial charge in [0.2, 0.25) is 5.06 Å². The largest absolute Gasteiger partial charge is 0.479 e. The van der Waals surface area contributed by atoms with E-state index in [1.54, 1.807) is 49.4 Å². The predicted molar refractivity (Wildman–Crippen MR) is 103 cm³/mol. The van der Waals surface area contributed by atoms with E-state index in [1.807, 2.05) is 0 Å². The van der Waals surface area contributed by atoms with Crippen LogP contribution in [0.3, 0.4) is 0 Å². The molecule has 146 valence electrons. The van der Waals surface area contributed by atoms with Crippen molar-refractivity contribution in [3.63, 3.8) is 0 Å². The molecule has 0 radical (unpaired) electrons. The number of ether oxygens (including phenoxy) is 4. The lowest BCUT2D eigenvalue weighted by molar-refractivity contribution is -0.154. The third-order valence-electron chi connectivity index (χ3n) is 4.22. The SMILES string of the molecule is C[C@@H](Oc1ccc(OC2(Cl)C=CC=C(Cl)C2)cc1)C(=O)OCC1CCCO1. The van der Waals surface area contributed by atoms with E-state index in [1.165, 1.54) is 0 Å². The Morgan fingerprint density at radius 1 is 1.33 bits per heavy atom. The molecule has 2 aliphatic rings. The minimum atomic E-state index is -1.01. The number of hydrogen-bond donors (Lipinski definition) is 0. The van der Waals surface area contributed by atoms with Crippen LogP contribution in [0.15, 0.2) is 47.5 Å². The molecule has 1 fully saturated rings. The summed E-state index contributed by atoms with van der Waals surface area (Å²) in [5, 5.41) is -0.379. The summed E-state index contributed by atoms with van der Waals surface area (Å²) in [7, 11) is 0. The van der Waals surface area contributed by atoms with E-state index >= 15 is 0 Å². The Labute approximate surface area is 168 Å². The van der Waals surface area contributed by atoms with Crippen molar-refractivity contribution in [2.45, 2.75) is 43.5 Å². The predicted octanol–water partition coefficient (Wildman–Crippen LogP) is 4.57. The number of alkyl halides is 1. The van der Waals surface area contributed by atoms with Gasteiger partial charge in [0.05, 0.1) is 6.10 Å². The number of carbonyl (C=O) groups excluding carboxylic acids is 1. The molecule has 0 saturated carbocycles. The van der Waals surface area contributed by atoms with Crippen LogP contribution >= 0.6 is 23.2 Å². The van der Waals surface area contributed by atoms with E-state index in [0.29, 0.717) is 23.0 Å². The first-order valence-electron chi connectivity index (χ1n) is 8.90. The molecule has 0 spiro atoms. The summed E-state index contributed by atoms with van der Waals surface area (Å²) in [6.07, 6.45) is 6.88. The highest BCUT2D eigenvalue weighted by molar-refractivity contribution is 6.32. The van der Waals surface area contributed by atoms with Gasteiger partial charge in [0.25, 0.3) is 0 Å². The summed E-state index contributed by atoms with van der Waals surface area (Å²) in [4.78, 5) is 12.0. The summed E-state index contributed by atoms with van der Waals surface area (Å²) in [6.45, 7) is 2.64. The van der Waals surface area contributed by atoms with Crippen molar-refractivity contribution >= 4 is 29.2 Å². The first-order chi connectivity index (χ1) is 12.9. The molecule has 3 atom stereocenters. The number of carbonyl (C=O) groups is 1. The molecule has 1 aromatic rings. The maximum atomic E-state index is 12.0. The Balaban J connectivity index is 1.48. The second-order valence-electron chi connectivity index (χ2n) is 6.53. The monoisotopic (exact) mass is 412 g/mol. The third-order valence-corrected chi connectivity index (χ3v) is 4.82. The van der Waals surface area contributed by atoms with E-state index in [0.717, 1.165) is 19.4 Å². The van der Waals surface area contributed by atoms with Gasteiger partial charge in [-0.1, -0.05) is 29.3 Å². The topological polar surface area (TPSA) is 54.0 Å². The molecule has 2 unspecified atom stereocenters. The van der Waals surface area contributed by atoms with Gasteiger partial charge in [-0.05, 0) is 56.2 Å². The van der Waals surface area contributed by atoms with Crippen LogP contribution in [0.25, 0.3) is 0 Å². The summed E-state index contributed by atoms with van der Waals surface area (Å²) in [6, 6.07) is 6.88. The van der Waals surface area contributed by atoms with Gasteiger partial charge in [-0.25, -0.2) is 4.79 Å². The fraction of sp³-hybridized carbons (Fsp3) is 0.450. The van der Waals surface area contributed by atoms with E-state index in [9.17, 15) is 4.79 Å². The Hall–Kier alpha value is -1.69. The van der Waals surface area contributed by atoms with Gasteiger partial charge in [0, 0.05) is 18.1 Å². The zero-order valence-corrected chi connectivity index (χ0v) is 16.5. The number of esters is 1. The van der Waals surface area contributed by atoms with Gasteiger partial charge in [0.15, 0.2) is 6.10 Å². The number of rotatable bonds is 7. The van der Waals surface area contributed by atoms with Gasteiger partial charge in [-0.3, -0.25) is 0 Å². The Bertz CT molecular complexity index is 710. The second kappa shape index (κ2) is 9.00. The fourth-order valence-electron chi connectivity index (χ4n) is 2.82. The molecule has 1 saturated heterocycles. The lowest BCUT2D eigenvalue weighted by atomic mass is 10.1. The van der Waals surface area contributed by atoms with Crippen molar-refractivity contribution in [2.75, 3.05) is 13.2 Å². The van der Waals surface area contributed by atoms with E-state index < -0.39 is 17.1 Å². The van der Waals surface area contributed by atoms with Crippen LogP contribution in [0.1, 0.15) is 26.2 Å². The van der Waals surface area contributed by atoms with Gasteiger partial charge >= 0.3 is 5.97 Å². The second-order valence-corrected chi connectivity index (χ2v) is 7.66. The molecular formula is C20H22Cl2O5. The maximum absolute atomic E-state index is 12.0. The quantitative estimate of drug-likeness (QED) is 0.484. The molecule has 3 rings (SSSR count). The first kappa shape index (κ1) is 20.1. The summed E-state index contributed by atoms with van der Waals surface area (Å²) >= 11 is 12.4. The average molecular weight is 413 g/mol.